The van der Waals surface area contributed by atoms with Crippen LogP contribution in [0.3, 0.4) is 0 Å². The summed E-state index contributed by atoms with van der Waals surface area (Å²) in [5.41, 5.74) is 0.208. The van der Waals surface area contributed by atoms with Crippen LogP contribution in [-0.2, 0) is 4.74 Å². The molecule has 64 valence electrons. The van der Waals surface area contributed by atoms with Crippen LogP contribution in [0.2, 0.25) is 0 Å². The van der Waals surface area contributed by atoms with Crippen LogP contribution in [0.5, 0.6) is 0 Å². The molecular formula is C9H17NO. The maximum Gasteiger partial charge on any atom is 0.0779 e. The van der Waals surface area contributed by atoms with Gasteiger partial charge in [-0.25, -0.2) is 0 Å². The fraction of sp³-hybridized carbons (Fsp3) is 1.00. The Kier molecular flexibility index (Phi) is 1.69. The number of rotatable bonds is 1. The van der Waals surface area contributed by atoms with E-state index in [1.165, 1.54) is 12.8 Å². The van der Waals surface area contributed by atoms with Crippen molar-refractivity contribution >= 4 is 0 Å². The first-order valence-corrected chi connectivity index (χ1v) is 4.57. The lowest BCUT2D eigenvalue weighted by Crippen LogP contribution is -2.57. The third-order valence-corrected chi connectivity index (χ3v) is 2.74. The van der Waals surface area contributed by atoms with Crippen LogP contribution in [0.1, 0.15) is 26.7 Å². The van der Waals surface area contributed by atoms with Gasteiger partial charge in [0.05, 0.1) is 12.7 Å². The normalized spacial score (nSPS) is 37.1. The molecule has 1 aliphatic heterocycles. The average Bonchev–Trinajstić information content (AvgIpc) is 2.69. The molecule has 2 heteroatoms. The zero-order chi connectivity index (χ0) is 7.90. The van der Waals surface area contributed by atoms with E-state index in [-0.39, 0.29) is 5.54 Å². The van der Waals surface area contributed by atoms with Crippen LogP contribution in [0, 0.1) is 5.92 Å². The summed E-state index contributed by atoms with van der Waals surface area (Å²) in [4.78, 5) is 0. The molecule has 0 aromatic carbocycles. The van der Waals surface area contributed by atoms with Gasteiger partial charge in [0.1, 0.15) is 0 Å². The van der Waals surface area contributed by atoms with Crippen molar-refractivity contribution in [1.29, 1.82) is 0 Å². The lowest BCUT2D eigenvalue weighted by atomic mass is 9.92. The largest absolute Gasteiger partial charge is 0.375 e. The molecule has 1 aliphatic carbocycles. The number of nitrogens with one attached hydrogen (secondary N) is 1. The second-order valence-corrected chi connectivity index (χ2v) is 4.28. The Bertz CT molecular complexity index is 152. The monoisotopic (exact) mass is 155 g/mol. The fourth-order valence-electron chi connectivity index (χ4n) is 1.99. The molecule has 2 nitrogen and oxygen atoms in total. The standard InChI is InChI=1S/C9H17NO/c1-9(2)8(7-3-4-7)11-6-5-10-9/h7-8,10H,3-6H2,1-2H3. The highest BCUT2D eigenvalue weighted by atomic mass is 16.5. The molecule has 0 amide bonds. The van der Waals surface area contributed by atoms with E-state index < -0.39 is 0 Å². The van der Waals surface area contributed by atoms with Gasteiger partial charge in [-0.05, 0) is 32.6 Å². The SMILES string of the molecule is CC1(C)NCCOC1C1CC1. The lowest BCUT2D eigenvalue weighted by Gasteiger charge is -2.39. The van der Waals surface area contributed by atoms with Gasteiger partial charge in [-0.15, -0.1) is 0 Å². The molecule has 2 aliphatic rings. The summed E-state index contributed by atoms with van der Waals surface area (Å²) in [5.74, 6) is 0.845. The first-order chi connectivity index (χ1) is 5.20. The molecule has 11 heavy (non-hydrogen) atoms. The third-order valence-electron chi connectivity index (χ3n) is 2.74. The molecule has 1 atom stereocenters. The summed E-state index contributed by atoms with van der Waals surface area (Å²) in [7, 11) is 0. The van der Waals surface area contributed by atoms with Crippen LogP contribution in [0.4, 0.5) is 0 Å². The number of hydrogen-bond donors (Lipinski definition) is 1. The third kappa shape index (κ3) is 1.42. The van der Waals surface area contributed by atoms with Crippen molar-refractivity contribution in [2.45, 2.75) is 38.3 Å². The van der Waals surface area contributed by atoms with E-state index in [9.17, 15) is 0 Å². The second kappa shape index (κ2) is 2.46. The van der Waals surface area contributed by atoms with E-state index in [2.05, 4.69) is 19.2 Å². The maximum atomic E-state index is 5.75. The molecule has 1 unspecified atom stereocenters. The van der Waals surface area contributed by atoms with Crippen molar-refractivity contribution in [2.75, 3.05) is 13.2 Å². The molecule has 1 N–H and O–H groups in total. The summed E-state index contributed by atoms with van der Waals surface area (Å²) in [6, 6.07) is 0. The van der Waals surface area contributed by atoms with Gasteiger partial charge in [0, 0.05) is 12.1 Å². The molecule has 1 heterocycles. The highest BCUT2D eigenvalue weighted by molar-refractivity contribution is 4.98. The zero-order valence-electron chi connectivity index (χ0n) is 7.39. The minimum atomic E-state index is 0.208. The minimum absolute atomic E-state index is 0.208. The Balaban J connectivity index is 2.02. The number of ether oxygens (including phenoxy) is 1. The van der Waals surface area contributed by atoms with E-state index in [1.807, 2.05) is 0 Å². The van der Waals surface area contributed by atoms with Gasteiger partial charge in [-0.3, -0.25) is 0 Å². The summed E-state index contributed by atoms with van der Waals surface area (Å²) < 4.78 is 5.75. The summed E-state index contributed by atoms with van der Waals surface area (Å²) in [5, 5.41) is 3.50. The van der Waals surface area contributed by atoms with Crippen LogP contribution < -0.4 is 5.32 Å². The van der Waals surface area contributed by atoms with E-state index in [0.717, 1.165) is 19.1 Å². The maximum absolute atomic E-state index is 5.75. The molecule has 2 rings (SSSR count). The van der Waals surface area contributed by atoms with E-state index in [1.54, 1.807) is 0 Å². The topological polar surface area (TPSA) is 21.3 Å². The Labute approximate surface area is 68.3 Å². The van der Waals surface area contributed by atoms with Crippen molar-refractivity contribution in [2.24, 2.45) is 5.92 Å². The van der Waals surface area contributed by atoms with Crippen LogP contribution in [-0.4, -0.2) is 24.8 Å². The van der Waals surface area contributed by atoms with Crippen molar-refractivity contribution in [3.8, 4) is 0 Å². The average molecular weight is 155 g/mol. The predicted molar refractivity (Wildman–Crippen MR) is 44.5 cm³/mol. The molecule has 2 fully saturated rings. The molecule has 1 saturated carbocycles. The van der Waals surface area contributed by atoms with Gasteiger partial charge in [0.25, 0.3) is 0 Å². The minimum Gasteiger partial charge on any atom is -0.375 e. The Morgan fingerprint density at radius 2 is 2.09 bits per heavy atom. The van der Waals surface area contributed by atoms with Gasteiger partial charge in [0.15, 0.2) is 0 Å². The van der Waals surface area contributed by atoms with Gasteiger partial charge in [-0.1, -0.05) is 0 Å². The summed E-state index contributed by atoms with van der Waals surface area (Å²) in [6.45, 7) is 6.39. The number of morpholine rings is 1. The Morgan fingerprint density at radius 3 is 2.64 bits per heavy atom. The highest BCUT2D eigenvalue weighted by Gasteiger charge is 2.43. The second-order valence-electron chi connectivity index (χ2n) is 4.28. The zero-order valence-corrected chi connectivity index (χ0v) is 7.39. The van der Waals surface area contributed by atoms with E-state index >= 15 is 0 Å². The Hall–Kier alpha value is -0.0800. The van der Waals surface area contributed by atoms with E-state index in [4.69, 9.17) is 4.74 Å². The quantitative estimate of drug-likeness (QED) is 0.613. The lowest BCUT2D eigenvalue weighted by molar-refractivity contribution is -0.0491. The highest BCUT2D eigenvalue weighted by Crippen LogP contribution is 2.39. The molecule has 1 saturated heterocycles. The first kappa shape index (κ1) is 7.56. The van der Waals surface area contributed by atoms with E-state index in [0.29, 0.717) is 6.10 Å². The fourth-order valence-corrected chi connectivity index (χ4v) is 1.99. The number of hydrogen-bond acceptors (Lipinski definition) is 2. The van der Waals surface area contributed by atoms with Crippen LogP contribution in [0.15, 0.2) is 0 Å². The van der Waals surface area contributed by atoms with Gasteiger partial charge >= 0.3 is 0 Å². The summed E-state index contributed by atoms with van der Waals surface area (Å²) in [6.07, 6.45) is 3.21. The van der Waals surface area contributed by atoms with Gasteiger partial charge in [0.2, 0.25) is 0 Å². The molecule has 0 radical (unpaired) electrons. The molecular weight excluding hydrogens is 138 g/mol. The van der Waals surface area contributed by atoms with Crippen molar-refractivity contribution in [1.82, 2.24) is 5.32 Å². The van der Waals surface area contributed by atoms with Crippen molar-refractivity contribution in [3.05, 3.63) is 0 Å². The van der Waals surface area contributed by atoms with Gasteiger partial charge in [-0.2, -0.15) is 0 Å². The predicted octanol–water partition coefficient (Wildman–Crippen LogP) is 1.16. The summed E-state index contributed by atoms with van der Waals surface area (Å²) >= 11 is 0. The van der Waals surface area contributed by atoms with Crippen molar-refractivity contribution < 1.29 is 4.74 Å². The van der Waals surface area contributed by atoms with Crippen molar-refractivity contribution in [3.63, 3.8) is 0 Å². The van der Waals surface area contributed by atoms with Gasteiger partial charge < -0.3 is 10.1 Å². The molecule has 0 aromatic rings. The first-order valence-electron chi connectivity index (χ1n) is 4.57. The molecule has 0 bridgehead atoms. The molecule has 0 aromatic heterocycles. The molecule has 0 spiro atoms. The smallest absolute Gasteiger partial charge is 0.0779 e. The Morgan fingerprint density at radius 1 is 1.36 bits per heavy atom. The van der Waals surface area contributed by atoms with Crippen LogP contribution >= 0.6 is 0 Å². The van der Waals surface area contributed by atoms with Crippen LogP contribution in [0.25, 0.3) is 0 Å².